The van der Waals surface area contributed by atoms with Gasteiger partial charge in [-0.2, -0.15) is 24.9 Å². The largest absolute Gasteiger partial charge is 0.468 e. The number of halogens is 3. The zero-order valence-electron chi connectivity index (χ0n) is 15.0. The molecule has 1 aliphatic rings. The molecule has 2 heterocycles. The molecule has 2 rings (SSSR count). The number of hydrogen-bond donors (Lipinski definition) is 2. The van der Waals surface area contributed by atoms with E-state index in [1.807, 2.05) is 18.7 Å². The van der Waals surface area contributed by atoms with E-state index < -0.39 is 12.8 Å². The van der Waals surface area contributed by atoms with Crippen molar-refractivity contribution >= 4 is 17.7 Å². The maximum atomic E-state index is 12.2. The van der Waals surface area contributed by atoms with Crippen LogP contribution in [0, 0.1) is 0 Å². The molecule has 26 heavy (non-hydrogen) atoms. The molecule has 5 nitrogen and oxygen atoms in total. The summed E-state index contributed by atoms with van der Waals surface area (Å²) in [4.78, 5) is 8.30. The fourth-order valence-corrected chi connectivity index (χ4v) is 3.79. The van der Waals surface area contributed by atoms with Crippen molar-refractivity contribution in [1.82, 2.24) is 15.6 Å². The number of thioether (sulfide) groups is 1. The Labute approximate surface area is 156 Å². The minimum atomic E-state index is -4.38. The van der Waals surface area contributed by atoms with Gasteiger partial charge < -0.3 is 15.4 Å². The van der Waals surface area contributed by atoms with Gasteiger partial charge in [0.05, 0.1) is 6.54 Å². The second kappa shape index (κ2) is 9.34. The van der Waals surface area contributed by atoms with Crippen molar-refractivity contribution in [2.24, 2.45) is 4.99 Å². The molecular formula is C17H25F3N4OS. The van der Waals surface area contributed by atoms with Gasteiger partial charge >= 0.3 is 6.18 Å². The molecule has 146 valence electrons. The molecule has 2 N–H and O–H groups in total. The number of guanidine groups is 1. The molecule has 0 bridgehead atoms. The molecule has 1 aliphatic heterocycles. The normalized spacial score (nSPS) is 20.9. The van der Waals surface area contributed by atoms with Gasteiger partial charge in [0.1, 0.15) is 0 Å². The van der Waals surface area contributed by atoms with E-state index >= 15 is 0 Å². The minimum Gasteiger partial charge on any atom is -0.468 e. The van der Waals surface area contributed by atoms with Crippen LogP contribution in [0.15, 0.2) is 23.3 Å². The number of alkyl halides is 3. The smallest absolute Gasteiger partial charge is 0.422 e. The Morgan fingerprint density at radius 3 is 2.88 bits per heavy atom. The predicted molar refractivity (Wildman–Crippen MR) is 98.7 cm³/mol. The lowest BCUT2D eigenvalue weighted by Gasteiger charge is -2.24. The molecule has 0 aromatic carbocycles. The quantitative estimate of drug-likeness (QED) is 0.552. The zero-order valence-corrected chi connectivity index (χ0v) is 15.8. The summed E-state index contributed by atoms with van der Waals surface area (Å²) < 4.78 is 41.6. The van der Waals surface area contributed by atoms with E-state index in [4.69, 9.17) is 0 Å². The molecule has 0 saturated carbocycles. The number of rotatable bonds is 7. The van der Waals surface area contributed by atoms with Gasteiger partial charge in [-0.15, -0.1) is 0 Å². The van der Waals surface area contributed by atoms with Crippen molar-refractivity contribution in [1.29, 1.82) is 0 Å². The van der Waals surface area contributed by atoms with Crippen LogP contribution in [-0.2, 0) is 6.54 Å². The van der Waals surface area contributed by atoms with Gasteiger partial charge in [0.15, 0.2) is 12.6 Å². The second-order valence-corrected chi connectivity index (χ2v) is 8.04. The summed E-state index contributed by atoms with van der Waals surface area (Å²) >= 11 is 1.97. The number of ether oxygens (including phenoxy) is 1. The number of nitrogens with one attached hydrogen (secondary N) is 2. The Morgan fingerprint density at radius 1 is 1.42 bits per heavy atom. The molecule has 9 heteroatoms. The Kier molecular flexibility index (Phi) is 7.43. The average Bonchev–Trinajstić information content (AvgIpc) is 3.02. The Balaban J connectivity index is 1.93. The lowest BCUT2D eigenvalue weighted by Crippen LogP contribution is -2.43. The molecule has 0 amide bonds. The van der Waals surface area contributed by atoms with Crippen molar-refractivity contribution in [3.63, 3.8) is 0 Å². The first-order valence-corrected chi connectivity index (χ1v) is 9.59. The lowest BCUT2D eigenvalue weighted by atomic mass is 10.1. The van der Waals surface area contributed by atoms with Gasteiger partial charge in [-0.25, -0.2) is 9.98 Å². The highest BCUT2D eigenvalue weighted by atomic mass is 32.2. The van der Waals surface area contributed by atoms with Gasteiger partial charge in [-0.1, -0.05) is 0 Å². The summed E-state index contributed by atoms with van der Waals surface area (Å²) in [6.45, 7) is 4.75. The number of aliphatic imine (C=N–C) groups is 1. The summed E-state index contributed by atoms with van der Waals surface area (Å²) in [5, 5.41) is 6.54. The Morgan fingerprint density at radius 2 is 2.23 bits per heavy atom. The highest BCUT2D eigenvalue weighted by Gasteiger charge is 2.29. The summed E-state index contributed by atoms with van der Waals surface area (Å²) in [6.07, 6.45) is -0.554. The van der Waals surface area contributed by atoms with E-state index in [2.05, 4.69) is 32.3 Å². The first-order valence-electron chi connectivity index (χ1n) is 8.60. The second-order valence-electron chi connectivity index (χ2n) is 6.36. The molecule has 0 aliphatic carbocycles. The molecule has 1 fully saturated rings. The third kappa shape index (κ3) is 7.31. The summed E-state index contributed by atoms with van der Waals surface area (Å²) in [6, 6.07) is 3.19. The molecule has 1 aromatic heterocycles. The van der Waals surface area contributed by atoms with E-state index in [9.17, 15) is 13.2 Å². The monoisotopic (exact) mass is 390 g/mol. The third-order valence-electron chi connectivity index (χ3n) is 3.88. The first kappa shape index (κ1) is 20.7. The van der Waals surface area contributed by atoms with Crippen molar-refractivity contribution in [3.05, 3.63) is 23.9 Å². The molecule has 1 saturated heterocycles. The van der Waals surface area contributed by atoms with Gasteiger partial charge in [0, 0.05) is 30.1 Å². The van der Waals surface area contributed by atoms with Crippen LogP contribution in [0.3, 0.4) is 0 Å². The molecule has 1 atom stereocenters. The van der Waals surface area contributed by atoms with Crippen LogP contribution < -0.4 is 15.4 Å². The van der Waals surface area contributed by atoms with Crippen LogP contribution in [0.1, 0.15) is 32.3 Å². The van der Waals surface area contributed by atoms with E-state index in [1.54, 1.807) is 6.07 Å². The number of nitrogens with zero attached hydrogens (tertiary/aromatic N) is 2. The van der Waals surface area contributed by atoms with E-state index in [0.717, 1.165) is 18.7 Å². The minimum absolute atomic E-state index is 0.0529. The van der Waals surface area contributed by atoms with Crippen molar-refractivity contribution < 1.29 is 17.9 Å². The van der Waals surface area contributed by atoms with Gasteiger partial charge in [-0.05, 0) is 44.1 Å². The van der Waals surface area contributed by atoms with Crippen LogP contribution in [0.5, 0.6) is 5.88 Å². The van der Waals surface area contributed by atoms with Crippen molar-refractivity contribution in [3.8, 4) is 5.88 Å². The maximum absolute atomic E-state index is 12.2. The SMILES string of the molecule is CCNC(=NCc1ccnc(OCC(F)(F)F)c1)NCC1(C)CCCS1. The van der Waals surface area contributed by atoms with E-state index in [1.165, 1.54) is 30.9 Å². The summed E-state index contributed by atoms with van der Waals surface area (Å²) in [5.41, 5.74) is 0.732. The fraction of sp³-hybridized carbons (Fsp3) is 0.647. The molecular weight excluding hydrogens is 365 g/mol. The third-order valence-corrected chi connectivity index (χ3v) is 5.42. The van der Waals surface area contributed by atoms with Gasteiger partial charge in [0.2, 0.25) is 5.88 Å². The van der Waals surface area contributed by atoms with Crippen LogP contribution in [-0.4, -0.2) is 47.3 Å². The summed E-state index contributed by atoms with van der Waals surface area (Å²) in [7, 11) is 0. The van der Waals surface area contributed by atoms with Crippen LogP contribution in [0.2, 0.25) is 0 Å². The van der Waals surface area contributed by atoms with Crippen LogP contribution in [0.4, 0.5) is 13.2 Å². The van der Waals surface area contributed by atoms with Gasteiger partial charge in [0.25, 0.3) is 0 Å². The van der Waals surface area contributed by atoms with Crippen molar-refractivity contribution in [2.75, 3.05) is 25.4 Å². The molecule has 1 aromatic rings. The van der Waals surface area contributed by atoms with E-state index in [-0.39, 0.29) is 10.6 Å². The van der Waals surface area contributed by atoms with Crippen LogP contribution >= 0.6 is 11.8 Å². The fourth-order valence-electron chi connectivity index (χ4n) is 2.54. The van der Waals surface area contributed by atoms with Crippen LogP contribution in [0.25, 0.3) is 0 Å². The average molecular weight is 390 g/mol. The topological polar surface area (TPSA) is 58.5 Å². The van der Waals surface area contributed by atoms with E-state index in [0.29, 0.717) is 12.5 Å². The Bertz CT molecular complexity index is 604. The molecule has 0 spiro atoms. The standard InChI is InChI=1S/C17H25F3N4OS/c1-3-21-15(24-11-16(2)6-4-8-26-16)23-10-13-5-7-22-14(9-13)25-12-17(18,19)20/h5,7,9H,3-4,6,8,10-12H2,1-2H3,(H2,21,23,24). The number of pyridine rings is 1. The Hall–Kier alpha value is -1.64. The highest BCUT2D eigenvalue weighted by molar-refractivity contribution is 8.00. The predicted octanol–water partition coefficient (Wildman–Crippen LogP) is 3.36. The number of aromatic nitrogens is 1. The maximum Gasteiger partial charge on any atom is 0.422 e. The first-order chi connectivity index (χ1) is 12.3. The zero-order chi connectivity index (χ0) is 19.0. The van der Waals surface area contributed by atoms with Crippen molar-refractivity contribution in [2.45, 2.75) is 44.2 Å². The highest BCUT2D eigenvalue weighted by Crippen LogP contribution is 2.36. The molecule has 1 unspecified atom stereocenters. The number of hydrogen-bond acceptors (Lipinski definition) is 4. The van der Waals surface area contributed by atoms with Gasteiger partial charge in [-0.3, -0.25) is 0 Å². The lowest BCUT2D eigenvalue weighted by molar-refractivity contribution is -0.154. The summed E-state index contributed by atoms with van der Waals surface area (Å²) in [5.74, 6) is 1.82. The molecule has 0 radical (unpaired) electrons.